The Hall–Kier alpha value is -2.33. The van der Waals surface area contributed by atoms with E-state index < -0.39 is 0 Å². The van der Waals surface area contributed by atoms with Gasteiger partial charge in [0.1, 0.15) is 5.75 Å². The van der Waals surface area contributed by atoms with Crippen LogP contribution < -0.4 is 0 Å². The molecule has 148 valence electrons. The van der Waals surface area contributed by atoms with Crippen molar-refractivity contribution in [3.05, 3.63) is 65.7 Å². The van der Waals surface area contributed by atoms with Crippen LogP contribution in [0, 0.1) is 5.92 Å². The highest BCUT2D eigenvalue weighted by atomic mass is 16.3. The number of fused-ring (bicyclic) bond motifs is 1. The first-order chi connectivity index (χ1) is 13.4. The second-order valence-corrected chi connectivity index (χ2v) is 8.78. The molecule has 4 nitrogen and oxygen atoms in total. The number of benzene rings is 2. The Morgan fingerprint density at radius 3 is 2.50 bits per heavy atom. The van der Waals surface area contributed by atoms with Crippen LogP contribution in [0.4, 0.5) is 0 Å². The summed E-state index contributed by atoms with van der Waals surface area (Å²) in [5, 5.41) is 9.99. The van der Waals surface area contributed by atoms with Gasteiger partial charge < -0.3 is 10.0 Å². The Balaban J connectivity index is 1.62. The molecule has 0 spiro atoms. The number of aromatic hydroxyl groups is 1. The molecule has 2 aliphatic heterocycles. The largest absolute Gasteiger partial charge is 0.508 e. The molecule has 2 aliphatic rings. The first-order valence-electron chi connectivity index (χ1n) is 10.2. The highest BCUT2D eigenvalue weighted by Gasteiger charge is 2.47. The van der Waals surface area contributed by atoms with Crippen molar-refractivity contribution in [3.63, 3.8) is 0 Å². The van der Waals surface area contributed by atoms with Crippen molar-refractivity contribution >= 4 is 5.91 Å². The maximum absolute atomic E-state index is 12.5. The van der Waals surface area contributed by atoms with Crippen LogP contribution in [0.2, 0.25) is 0 Å². The molecule has 1 amide bonds. The Morgan fingerprint density at radius 1 is 1.07 bits per heavy atom. The number of piperazine rings is 1. The summed E-state index contributed by atoms with van der Waals surface area (Å²) in [5.74, 6) is 0.934. The van der Waals surface area contributed by atoms with Crippen LogP contribution in [0.3, 0.4) is 0 Å². The summed E-state index contributed by atoms with van der Waals surface area (Å²) in [7, 11) is 0. The van der Waals surface area contributed by atoms with E-state index in [2.05, 4.69) is 54.0 Å². The van der Waals surface area contributed by atoms with Crippen molar-refractivity contribution in [2.45, 2.75) is 44.7 Å². The summed E-state index contributed by atoms with van der Waals surface area (Å²) in [5.41, 5.74) is 2.39. The van der Waals surface area contributed by atoms with E-state index in [1.165, 1.54) is 11.1 Å². The molecule has 28 heavy (non-hydrogen) atoms. The normalized spacial score (nSPS) is 30.7. The minimum Gasteiger partial charge on any atom is -0.508 e. The van der Waals surface area contributed by atoms with E-state index in [0.29, 0.717) is 17.7 Å². The number of hydrogen-bond donors (Lipinski definition) is 1. The lowest BCUT2D eigenvalue weighted by molar-refractivity contribution is -0.138. The lowest BCUT2D eigenvalue weighted by Gasteiger charge is -2.55. The number of nitrogens with zero attached hydrogens (tertiary/aromatic N) is 2. The molecular weight excluding hydrogens is 348 g/mol. The Labute approximate surface area is 167 Å². The van der Waals surface area contributed by atoms with E-state index in [0.717, 1.165) is 26.1 Å². The third-order valence-electron chi connectivity index (χ3n) is 7.06. The van der Waals surface area contributed by atoms with E-state index in [1.54, 1.807) is 13.0 Å². The summed E-state index contributed by atoms with van der Waals surface area (Å²) < 4.78 is 0. The van der Waals surface area contributed by atoms with Crippen LogP contribution in [0.15, 0.2) is 54.6 Å². The molecular formula is C24H30N2O2. The van der Waals surface area contributed by atoms with Gasteiger partial charge in [0.2, 0.25) is 5.91 Å². The Morgan fingerprint density at radius 2 is 1.82 bits per heavy atom. The van der Waals surface area contributed by atoms with Crippen molar-refractivity contribution in [1.82, 2.24) is 9.80 Å². The first-order valence-corrected chi connectivity index (χ1v) is 10.2. The van der Waals surface area contributed by atoms with Gasteiger partial charge in [0, 0.05) is 32.6 Å². The van der Waals surface area contributed by atoms with Crippen molar-refractivity contribution in [3.8, 4) is 5.75 Å². The number of piperidine rings is 1. The van der Waals surface area contributed by atoms with Gasteiger partial charge in [-0.15, -0.1) is 0 Å². The van der Waals surface area contributed by atoms with E-state index in [1.807, 2.05) is 18.2 Å². The SMILES string of the molecule is CC(=O)N1C[C@H]2C[C@@](C)(c3cccc(O)c3)[C@@H](C)CN2C[C@@H]1c1ccccc1. The molecule has 0 unspecified atom stereocenters. The molecule has 4 rings (SSSR count). The number of rotatable bonds is 2. The van der Waals surface area contributed by atoms with Crippen molar-refractivity contribution in [2.75, 3.05) is 19.6 Å². The number of phenols is 1. The molecule has 0 saturated carbocycles. The molecule has 0 aromatic heterocycles. The second kappa shape index (κ2) is 7.25. The number of hydrogen-bond acceptors (Lipinski definition) is 3. The fourth-order valence-electron chi connectivity index (χ4n) is 5.17. The third-order valence-corrected chi connectivity index (χ3v) is 7.06. The van der Waals surface area contributed by atoms with Crippen LogP contribution in [0.5, 0.6) is 5.75 Å². The van der Waals surface area contributed by atoms with Gasteiger partial charge in [-0.3, -0.25) is 9.69 Å². The molecule has 2 aromatic carbocycles. The van der Waals surface area contributed by atoms with Gasteiger partial charge >= 0.3 is 0 Å². The zero-order valence-corrected chi connectivity index (χ0v) is 17.0. The fraction of sp³-hybridized carbons (Fsp3) is 0.458. The van der Waals surface area contributed by atoms with Gasteiger partial charge in [0.05, 0.1) is 6.04 Å². The Kier molecular flexibility index (Phi) is 4.92. The molecule has 2 saturated heterocycles. The van der Waals surface area contributed by atoms with Gasteiger partial charge in [-0.05, 0) is 41.0 Å². The highest BCUT2D eigenvalue weighted by molar-refractivity contribution is 5.74. The van der Waals surface area contributed by atoms with E-state index >= 15 is 0 Å². The van der Waals surface area contributed by atoms with Crippen LogP contribution in [-0.2, 0) is 10.2 Å². The van der Waals surface area contributed by atoms with Crippen LogP contribution >= 0.6 is 0 Å². The van der Waals surface area contributed by atoms with Crippen LogP contribution in [0.1, 0.15) is 44.4 Å². The molecule has 2 heterocycles. The van der Waals surface area contributed by atoms with Gasteiger partial charge in [-0.25, -0.2) is 0 Å². The highest BCUT2D eigenvalue weighted by Crippen LogP contribution is 2.45. The fourth-order valence-corrected chi connectivity index (χ4v) is 5.17. The van der Waals surface area contributed by atoms with Gasteiger partial charge in [0.15, 0.2) is 0 Å². The van der Waals surface area contributed by atoms with Crippen molar-refractivity contribution in [2.24, 2.45) is 5.92 Å². The maximum atomic E-state index is 12.5. The van der Waals surface area contributed by atoms with Gasteiger partial charge in [-0.2, -0.15) is 0 Å². The predicted molar refractivity (Wildman–Crippen MR) is 111 cm³/mol. The quantitative estimate of drug-likeness (QED) is 0.860. The molecule has 2 fully saturated rings. The maximum Gasteiger partial charge on any atom is 0.220 e. The topological polar surface area (TPSA) is 43.8 Å². The lowest BCUT2D eigenvalue weighted by atomic mass is 9.65. The average molecular weight is 379 g/mol. The molecule has 4 atom stereocenters. The van der Waals surface area contributed by atoms with Crippen molar-refractivity contribution < 1.29 is 9.90 Å². The van der Waals surface area contributed by atoms with Gasteiger partial charge in [0.25, 0.3) is 0 Å². The van der Waals surface area contributed by atoms with E-state index in [9.17, 15) is 9.90 Å². The molecule has 4 heteroatoms. The van der Waals surface area contributed by atoms with E-state index in [-0.39, 0.29) is 17.4 Å². The second-order valence-electron chi connectivity index (χ2n) is 8.78. The minimum absolute atomic E-state index is 0.0120. The predicted octanol–water partition coefficient (Wildman–Crippen LogP) is 3.96. The number of carbonyl (C=O) groups is 1. The Bertz CT molecular complexity index is 853. The number of phenolic OH excluding ortho intramolecular Hbond substituents is 1. The van der Waals surface area contributed by atoms with E-state index in [4.69, 9.17) is 0 Å². The smallest absolute Gasteiger partial charge is 0.220 e. The average Bonchev–Trinajstić information content (AvgIpc) is 2.68. The minimum atomic E-state index is -0.0120. The summed E-state index contributed by atoms with van der Waals surface area (Å²) in [6.45, 7) is 8.96. The zero-order valence-electron chi connectivity index (χ0n) is 17.0. The first kappa shape index (κ1) is 19.0. The molecule has 0 aliphatic carbocycles. The number of amides is 1. The van der Waals surface area contributed by atoms with Gasteiger partial charge in [-0.1, -0.05) is 56.3 Å². The molecule has 0 radical (unpaired) electrons. The third kappa shape index (κ3) is 3.30. The lowest BCUT2D eigenvalue weighted by Crippen LogP contribution is -2.62. The molecule has 0 bridgehead atoms. The molecule has 1 N–H and O–H groups in total. The van der Waals surface area contributed by atoms with Crippen molar-refractivity contribution in [1.29, 1.82) is 0 Å². The van der Waals surface area contributed by atoms with Crippen LogP contribution in [-0.4, -0.2) is 46.5 Å². The summed E-state index contributed by atoms with van der Waals surface area (Å²) in [4.78, 5) is 17.1. The zero-order chi connectivity index (χ0) is 19.9. The standard InChI is InChI=1S/C24H30N2O2/c1-17-14-25-16-23(19-8-5-4-6-9-19)26(18(2)27)15-21(25)13-24(17,3)20-10-7-11-22(28)12-20/h4-12,17,21,23,28H,13-16H2,1-3H3/t17-,21+,23+,24+/m0/s1. The summed E-state index contributed by atoms with van der Waals surface area (Å²) >= 11 is 0. The number of carbonyl (C=O) groups excluding carboxylic acids is 1. The monoisotopic (exact) mass is 378 g/mol. The van der Waals surface area contributed by atoms with Crippen LogP contribution in [0.25, 0.3) is 0 Å². The molecule has 2 aromatic rings. The summed E-state index contributed by atoms with van der Waals surface area (Å²) in [6, 6.07) is 18.6. The summed E-state index contributed by atoms with van der Waals surface area (Å²) in [6.07, 6.45) is 0.989.